The summed E-state index contributed by atoms with van der Waals surface area (Å²) >= 11 is 5.79. The molecule has 7 heteroatoms. The largest absolute Gasteiger partial charge is 0.481 e. The molecule has 0 aliphatic carbocycles. The van der Waals surface area contributed by atoms with Crippen LogP contribution in [0.1, 0.15) is 31.5 Å². The summed E-state index contributed by atoms with van der Waals surface area (Å²) in [6, 6.07) is 0. The second-order valence-corrected chi connectivity index (χ2v) is 6.83. The van der Waals surface area contributed by atoms with Gasteiger partial charge in [-0.05, 0) is 38.8 Å². The molecule has 6 nitrogen and oxygen atoms in total. The first-order valence-corrected chi connectivity index (χ1v) is 8.55. The molecule has 0 unspecified atom stereocenters. The fraction of sp³-hybridized carbons (Fsp3) is 0.688. The molecule has 2 aliphatic rings. The second-order valence-electron chi connectivity index (χ2n) is 6.39. The Morgan fingerprint density at radius 3 is 2.52 bits per heavy atom. The number of carboxylic acids is 1. The average Bonchev–Trinajstić information content (AvgIpc) is 2.97. The summed E-state index contributed by atoms with van der Waals surface area (Å²) in [7, 11) is 0. The van der Waals surface area contributed by atoms with Gasteiger partial charge in [-0.15, -0.1) is 0 Å². The first kappa shape index (κ1) is 16.6. The summed E-state index contributed by atoms with van der Waals surface area (Å²) in [4.78, 5) is 21.7. The van der Waals surface area contributed by atoms with Crippen LogP contribution in [0.3, 0.4) is 0 Å². The van der Waals surface area contributed by atoms with Gasteiger partial charge >= 0.3 is 5.97 Å². The Labute approximate surface area is 140 Å². The van der Waals surface area contributed by atoms with Gasteiger partial charge in [-0.25, -0.2) is 9.97 Å². The maximum atomic E-state index is 11.0. The highest BCUT2D eigenvalue weighted by Gasteiger charge is 2.30. The van der Waals surface area contributed by atoms with Crippen LogP contribution in [0.25, 0.3) is 0 Å². The molecule has 0 saturated carbocycles. The van der Waals surface area contributed by atoms with Crippen molar-refractivity contribution in [2.24, 2.45) is 5.92 Å². The molecule has 1 N–H and O–H groups in total. The lowest BCUT2D eigenvalue weighted by Crippen LogP contribution is -2.40. The number of aliphatic carboxylic acids is 1. The van der Waals surface area contributed by atoms with E-state index in [0.717, 1.165) is 57.6 Å². The number of carbonyl (C=O) groups is 1. The van der Waals surface area contributed by atoms with Gasteiger partial charge in [0.15, 0.2) is 0 Å². The van der Waals surface area contributed by atoms with Gasteiger partial charge in [-0.1, -0.05) is 11.6 Å². The van der Waals surface area contributed by atoms with Gasteiger partial charge in [-0.2, -0.15) is 0 Å². The highest BCUT2D eigenvalue weighted by Crippen LogP contribution is 2.25. The molecule has 3 rings (SSSR count). The number of piperidine rings is 1. The van der Waals surface area contributed by atoms with E-state index >= 15 is 0 Å². The molecule has 126 valence electrons. The number of ether oxygens (including phenoxy) is 1. The van der Waals surface area contributed by atoms with Gasteiger partial charge in [0.2, 0.25) is 0 Å². The molecule has 3 heterocycles. The number of nitrogens with zero attached hydrogens (tertiary/aromatic N) is 3. The maximum absolute atomic E-state index is 11.0. The molecule has 2 atom stereocenters. The molecule has 2 saturated heterocycles. The first-order valence-electron chi connectivity index (χ1n) is 8.17. The van der Waals surface area contributed by atoms with Crippen LogP contribution < -0.4 is 0 Å². The third-order valence-corrected chi connectivity index (χ3v) is 4.87. The standard InChI is InChI=1S/C16H22ClN3O3/c17-12-8-18-15(19-9-12)7-13-1-2-14(23-13)10-20-5-3-11(4-6-20)16(21)22/h8-9,11,13-14H,1-7,10H2,(H,21,22)/t13-,14+/m0/s1. The molecule has 0 radical (unpaired) electrons. The van der Waals surface area contributed by atoms with Crippen LogP contribution in [0.15, 0.2) is 12.4 Å². The zero-order chi connectivity index (χ0) is 16.2. The molecule has 0 bridgehead atoms. The van der Waals surface area contributed by atoms with E-state index in [0.29, 0.717) is 5.02 Å². The number of aromatic nitrogens is 2. The minimum Gasteiger partial charge on any atom is -0.481 e. The minimum absolute atomic E-state index is 0.165. The van der Waals surface area contributed by atoms with E-state index < -0.39 is 5.97 Å². The smallest absolute Gasteiger partial charge is 0.306 e. The molecule has 0 amide bonds. The number of hydrogen-bond donors (Lipinski definition) is 1. The third-order valence-electron chi connectivity index (χ3n) is 4.68. The van der Waals surface area contributed by atoms with Crippen molar-refractivity contribution >= 4 is 17.6 Å². The van der Waals surface area contributed by atoms with Crippen molar-refractivity contribution in [3.63, 3.8) is 0 Å². The van der Waals surface area contributed by atoms with Crippen LogP contribution in [0.4, 0.5) is 0 Å². The highest BCUT2D eigenvalue weighted by molar-refractivity contribution is 6.30. The monoisotopic (exact) mass is 339 g/mol. The predicted octanol–water partition coefficient (Wildman–Crippen LogP) is 2.02. The van der Waals surface area contributed by atoms with E-state index in [4.69, 9.17) is 21.4 Å². The van der Waals surface area contributed by atoms with E-state index in [1.165, 1.54) is 0 Å². The Balaban J connectivity index is 1.42. The van der Waals surface area contributed by atoms with E-state index in [1.54, 1.807) is 12.4 Å². The number of rotatable bonds is 5. The highest BCUT2D eigenvalue weighted by atomic mass is 35.5. The van der Waals surface area contributed by atoms with E-state index in [9.17, 15) is 4.79 Å². The van der Waals surface area contributed by atoms with Crippen molar-refractivity contribution in [3.8, 4) is 0 Å². The Kier molecular flexibility index (Phi) is 5.46. The number of likely N-dealkylation sites (tertiary alicyclic amines) is 1. The summed E-state index contributed by atoms with van der Waals surface area (Å²) in [6.07, 6.45) is 7.88. The van der Waals surface area contributed by atoms with Crippen LogP contribution >= 0.6 is 11.6 Å². The third kappa shape index (κ3) is 4.62. The molecular formula is C16H22ClN3O3. The molecule has 1 aromatic rings. The molecule has 23 heavy (non-hydrogen) atoms. The average molecular weight is 340 g/mol. The Morgan fingerprint density at radius 2 is 1.87 bits per heavy atom. The fourth-order valence-electron chi connectivity index (χ4n) is 3.36. The lowest BCUT2D eigenvalue weighted by molar-refractivity contribution is -0.143. The van der Waals surface area contributed by atoms with Gasteiger partial charge in [0.1, 0.15) is 5.82 Å². The van der Waals surface area contributed by atoms with Gasteiger partial charge in [0, 0.05) is 25.4 Å². The zero-order valence-corrected chi connectivity index (χ0v) is 13.8. The van der Waals surface area contributed by atoms with Gasteiger partial charge < -0.3 is 14.7 Å². The SMILES string of the molecule is O=C(O)C1CCN(C[C@H]2CC[C@@H](Cc3ncc(Cl)cn3)O2)CC1. The normalized spacial score (nSPS) is 26.5. The number of carboxylic acid groups (broad SMARTS) is 1. The van der Waals surface area contributed by atoms with Crippen molar-refractivity contribution in [1.29, 1.82) is 0 Å². The van der Waals surface area contributed by atoms with Crippen LogP contribution in [-0.4, -0.2) is 57.8 Å². The van der Waals surface area contributed by atoms with Gasteiger partial charge in [0.25, 0.3) is 0 Å². The summed E-state index contributed by atoms with van der Waals surface area (Å²) in [6.45, 7) is 2.59. The predicted molar refractivity (Wildman–Crippen MR) is 85.4 cm³/mol. The quantitative estimate of drug-likeness (QED) is 0.884. The fourth-order valence-corrected chi connectivity index (χ4v) is 3.46. The summed E-state index contributed by atoms with van der Waals surface area (Å²) in [5, 5.41) is 9.58. The maximum Gasteiger partial charge on any atom is 0.306 e. The summed E-state index contributed by atoms with van der Waals surface area (Å²) in [5.41, 5.74) is 0. The summed E-state index contributed by atoms with van der Waals surface area (Å²) < 4.78 is 6.10. The molecule has 0 spiro atoms. The Morgan fingerprint density at radius 1 is 1.22 bits per heavy atom. The molecule has 1 aromatic heterocycles. The Hall–Kier alpha value is -1.24. The van der Waals surface area contributed by atoms with Crippen LogP contribution in [0.2, 0.25) is 5.02 Å². The van der Waals surface area contributed by atoms with Gasteiger partial charge in [-0.3, -0.25) is 4.79 Å². The van der Waals surface area contributed by atoms with E-state index in [-0.39, 0.29) is 18.1 Å². The molecular weight excluding hydrogens is 318 g/mol. The van der Waals surface area contributed by atoms with E-state index in [1.807, 2.05) is 0 Å². The minimum atomic E-state index is -0.662. The van der Waals surface area contributed by atoms with Crippen LogP contribution in [0, 0.1) is 5.92 Å². The molecule has 2 aliphatic heterocycles. The Bertz CT molecular complexity index is 532. The van der Waals surface area contributed by atoms with Gasteiger partial charge in [0.05, 0.1) is 23.1 Å². The van der Waals surface area contributed by atoms with Crippen molar-refractivity contribution < 1.29 is 14.6 Å². The topological polar surface area (TPSA) is 75.5 Å². The van der Waals surface area contributed by atoms with Crippen LogP contribution in [0.5, 0.6) is 0 Å². The van der Waals surface area contributed by atoms with Crippen LogP contribution in [-0.2, 0) is 16.0 Å². The van der Waals surface area contributed by atoms with Crippen molar-refractivity contribution in [2.45, 2.75) is 44.3 Å². The lowest BCUT2D eigenvalue weighted by Gasteiger charge is -2.31. The zero-order valence-electron chi connectivity index (χ0n) is 13.0. The summed E-state index contributed by atoms with van der Waals surface area (Å²) in [5.74, 6) is -0.0716. The molecule has 0 aromatic carbocycles. The molecule has 2 fully saturated rings. The number of hydrogen-bond acceptors (Lipinski definition) is 5. The van der Waals surface area contributed by atoms with E-state index in [2.05, 4.69) is 14.9 Å². The van der Waals surface area contributed by atoms with Crippen molar-refractivity contribution in [3.05, 3.63) is 23.2 Å². The van der Waals surface area contributed by atoms with Crippen molar-refractivity contribution in [1.82, 2.24) is 14.9 Å². The van der Waals surface area contributed by atoms with Crippen molar-refractivity contribution in [2.75, 3.05) is 19.6 Å². The lowest BCUT2D eigenvalue weighted by atomic mass is 9.97. The number of halogens is 1. The first-order chi connectivity index (χ1) is 11.1. The second kappa shape index (κ2) is 7.55.